The largest absolute Gasteiger partial charge is 0.380 e. The van der Waals surface area contributed by atoms with Gasteiger partial charge in [0.05, 0.1) is 18.3 Å². The zero-order valence-electron chi connectivity index (χ0n) is 19.7. The Kier molecular flexibility index (Phi) is 5.97. The van der Waals surface area contributed by atoms with Gasteiger partial charge in [0.15, 0.2) is 0 Å². The van der Waals surface area contributed by atoms with E-state index < -0.39 is 10.0 Å². The van der Waals surface area contributed by atoms with Crippen LogP contribution in [-0.4, -0.2) is 60.6 Å². The van der Waals surface area contributed by atoms with E-state index in [1.54, 1.807) is 4.31 Å². The number of sulfonamides is 1. The van der Waals surface area contributed by atoms with Gasteiger partial charge in [0.2, 0.25) is 10.0 Å². The Hall–Kier alpha value is -2.35. The summed E-state index contributed by atoms with van der Waals surface area (Å²) in [7, 11) is -3.40. The standard InChI is InChI=1S/C26H34N4O2S/c1-4-5-14-29-16-21(17-29)27-20-12-10-19(11-13-20)26-25-23(15-18(2)30(26)33(3,31)32)22-8-6-7-9-24(22)28-25/h6-13,18,21,26-28H,4-5,14-17H2,1-3H3/t18-,26-/m1/s1. The number of aromatic nitrogens is 1. The Morgan fingerprint density at radius 1 is 1.09 bits per heavy atom. The molecule has 0 unspecified atom stereocenters. The molecule has 176 valence electrons. The van der Waals surface area contributed by atoms with E-state index in [0.717, 1.165) is 35.6 Å². The molecule has 0 amide bonds. The van der Waals surface area contributed by atoms with Crippen molar-refractivity contribution in [3.05, 3.63) is 65.4 Å². The number of hydrogen-bond donors (Lipinski definition) is 2. The molecular weight excluding hydrogens is 432 g/mol. The van der Waals surface area contributed by atoms with Gasteiger partial charge in [0.1, 0.15) is 0 Å². The topological polar surface area (TPSA) is 68.4 Å². The van der Waals surface area contributed by atoms with Crippen molar-refractivity contribution in [3.8, 4) is 0 Å². The van der Waals surface area contributed by atoms with Crippen molar-refractivity contribution in [1.29, 1.82) is 0 Å². The van der Waals surface area contributed by atoms with E-state index in [2.05, 4.69) is 58.5 Å². The van der Waals surface area contributed by atoms with Gasteiger partial charge < -0.3 is 10.3 Å². The van der Waals surface area contributed by atoms with Crippen LogP contribution in [0.2, 0.25) is 0 Å². The molecule has 6 nitrogen and oxygen atoms in total. The fraction of sp³-hybridized carbons (Fsp3) is 0.462. The molecule has 1 fully saturated rings. The average molecular weight is 467 g/mol. The summed E-state index contributed by atoms with van der Waals surface area (Å²) < 4.78 is 27.4. The first kappa shape index (κ1) is 22.4. The normalized spacial score (nSPS) is 22.3. The summed E-state index contributed by atoms with van der Waals surface area (Å²) in [6.07, 6.45) is 4.52. The van der Waals surface area contributed by atoms with Gasteiger partial charge in [-0.1, -0.05) is 43.7 Å². The number of fused-ring (bicyclic) bond motifs is 3. The second-order valence-electron chi connectivity index (χ2n) is 9.69. The number of H-pyrrole nitrogens is 1. The first-order chi connectivity index (χ1) is 15.8. The van der Waals surface area contributed by atoms with Crippen LogP contribution in [0.5, 0.6) is 0 Å². The average Bonchev–Trinajstić information content (AvgIpc) is 3.12. The minimum Gasteiger partial charge on any atom is -0.380 e. The van der Waals surface area contributed by atoms with Gasteiger partial charge in [-0.3, -0.25) is 4.90 Å². The molecule has 3 aromatic rings. The number of nitrogens with zero attached hydrogens (tertiary/aromatic N) is 2. The predicted octanol–water partition coefficient (Wildman–Crippen LogP) is 4.36. The lowest BCUT2D eigenvalue weighted by Crippen LogP contribution is -2.54. The lowest BCUT2D eigenvalue weighted by molar-refractivity contribution is 0.159. The maximum Gasteiger partial charge on any atom is 0.212 e. The van der Waals surface area contributed by atoms with Crippen molar-refractivity contribution >= 4 is 26.6 Å². The van der Waals surface area contributed by atoms with Gasteiger partial charge in [-0.05, 0) is 55.6 Å². The SMILES string of the molecule is CCCCN1CC(Nc2ccc([C@@H]3c4[nH]c5ccccc5c4C[C@@H](C)N3S(C)(=O)=O)cc2)C1. The van der Waals surface area contributed by atoms with E-state index in [1.807, 2.05) is 19.1 Å². The van der Waals surface area contributed by atoms with Gasteiger partial charge in [-0.25, -0.2) is 8.42 Å². The number of aromatic amines is 1. The zero-order valence-corrected chi connectivity index (χ0v) is 20.5. The molecule has 33 heavy (non-hydrogen) atoms. The number of rotatable bonds is 7. The second kappa shape index (κ2) is 8.78. The van der Waals surface area contributed by atoms with Crippen molar-refractivity contribution in [1.82, 2.24) is 14.2 Å². The molecule has 7 heteroatoms. The molecule has 2 aliphatic heterocycles. The maximum absolute atomic E-state index is 12.9. The summed E-state index contributed by atoms with van der Waals surface area (Å²) in [5.41, 5.74) is 5.36. The summed E-state index contributed by atoms with van der Waals surface area (Å²) in [4.78, 5) is 6.03. The fourth-order valence-electron chi connectivity index (χ4n) is 5.50. The van der Waals surface area contributed by atoms with Gasteiger partial charge in [0.25, 0.3) is 0 Å². The number of anilines is 1. The molecule has 2 atom stereocenters. The van der Waals surface area contributed by atoms with E-state index in [1.165, 1.54) is 36.6 Å². The fourth-order valence-corrected chi connectivity index (χ4v) is 6.83. The van der Waals surface area contributed by atoms with Crippen LogP contribution in [0.3, 0.4) is 0 Å². The minimum atomic E-state index is -3.40. The van der Waals surface area contributed by atoms with Crippen molar-refractivity contribution in [2.75, 3.05) is 31.2 Å². The van der Waals surface area contributed by atoms with Crippen molar-refractivity contribution in [3.63, 3.8) is 0 Å². The van der Waals surface area contributed by atoms with E-state index in [0.29, 0.717) is 12.5 Å². The molecular formula is C26H34N4O2S. The van der Waals surface area contributed by atoms with Crippen LogP contribution >= 0.6 is 0 Å². The van der Waals surface area contributed by atoms with E-state index >= 15 is 0 Å². The Morgan fingerprint density at radius 2 is 1.82 bits per heavy atom. The molecule has 0 bridgehead atoms. The molecule has 2 N–H and O–H groups in total. The van der Waals surface area contributed by atoms with Crippen LogP contribution < -0.4 is 5.32 Å². The highest BCUT2D eigenvalue weighted by atomic mass is 32.2. The van der Waals surface area contributed by atoms with Gasteiger partial charge in [-0.15, -0.1) is 0 Å². The van der Waals surface area contributed by atoms with Gasteiger partial charge in [0, 0.05) is 41.4 Å². The summed E-state index contributed by atoms with van der Waals surface area (Å²) >= 11 is 0. The number of unbranched alkanes of at least 4 members (excludes halogenated alkanes) is 1. The van der Waals surface area contributed by atoms with E-state index in [9.17, 15) is 8.42 Å². The van der Waals surface area contributed by atoms with Gasteiger partial charge in [-0.2, -0.15) is 4.31 Å². The van der Waals surface area contributed by atoms with Crippen molar-refractivity contribution in [2.24, 2.45) is 0 Å². The highest BCUT2D eigenvalue weighted by molar-refractivity contribution is 7.88. The lowest BCUT2D eigenvalue weighted by Gasteiger charge is -2.40. The first-order valence-electron chi connectivity index (χ1n) is 12.0. The highest BCUT2D eigenvalue weighted by Gasteiger charge is 2.40. The van der Waals surface area contributed by atoms with E-state index in [4.69, 9.17) is 0 Å². The lowest BCUT2D eigenvalue weighted by atomic mass is 9.91. The van der Waals surface area contributed by atoms with Crippen LogP contribution in [0.1, 0.15) is 49.6 Å². The first-order valence-corrected chi connectivity index (χ1v) is 13.9. The third-order valence-corrected chi connectivity index (χ3v) is 8.41. The maximum atomic E-state index is 12.9. The molecule has 0 aliphatic carbocycles. The third-order valence-electron chi connectivity index (χ3n) is 7.07. The third kappa shape index (κ3) is 4.29. The van der Waals surface area contributed by atoms with Crippen molar-refractivity contribution in [2.45, 2.75) is 51.2 Å². The second-order valence-corrected chi connectivity index (χ2v) is 11.6. The molecule has 5 rings (SSSR count). The van der Waals surface area contributed by atoms with Crippen LogP contribution in [0.25, 0.3) is 10.9 Å². The molecule has 1 saturated heterocycles. The van der Waals surface area contributed by atoms with Crippen LogP contribution in [0, 0.1) is 0 Å². The number of nitrogens with one attached hydrogen (secondary N) is 2. The van der Waals surface area contributed by atoms with Gasteiger partial charge >= 0.3 is 0 Å². The Bertz CT molecular complexity index is 1230. The molecule has 0 saturated carbocycles. The summed E-state index contributed by atoms with van der Waals surface area (Å²) in [6, 6.07) is 16.6. The Morgan fingerprint density at radius 3 is 2.52 bits per heavy atom. The molecule has 3 heterocycles. The van der Waals surface area contributed by atoms with E-state index in [-0.39, 0.29) is 12.1 Å². The molecule has 2 aromatic carbocycles. The zero-order chi connectivity index (χ0) is 23.2. The number of hydrogen-bond acceptors (Lipinski definition) is 4. The highest BCUT2D eigenvalue weighted by Crippen LogP contribution is 2.42. The monoisotopic (exact) mass is 466 g/mol. The summed E-state index contributed by atoms with van der Waals surface area (Å²) in [5.74, 6) is 0. The number of likely N-dealkylation sites (tertiary alicyclic amines) is 1. The molecule has 0 radical (unpaired) electrons. The van der Waals surface area contributed by atoms with Crippen LogP contribution in [0.15, 0.2) is 48.5 Å². The van der Waals surface area contributed by atoms with Crippen molar-refractivity contribution < 1.29 is 8.42 Å². The summed E-state index contributed by atoms with van der Waals surface area (Å²) in [5, 5.41) is 4.81. The van der Waals surface area contributed by atoms with Crippen LogP contribution in [-0.2, 0) is 16.4 Å². The quantitative estimate of drug-likeness (QED) is 0.543. The smallest absolute Gasteiger partial charge is 0.212 e. The minimum absolute atomic E-state index is 0.112. The number of benzene rings is 2. The molecule has 0 spiro atoms. The Balaban J connectivity index is 1.43. The Labute approximate surface area is 197 Å². The summed E-state index contributed by atoms with van der Waals surface area (Å²) in [6.45, 7) is 7.59. The number of para-hydroxylation sites is 1. The molecule has 2 aliphatic rings. The predicted molar refractivity (Wildman–Crippen MR) is 135 cm³/mol. The van der Waals surface area contributed by atoms with Crippen LogP contribution in [0.4, 0.5) is 5.69 Å². The molecule has 1 aromatic heterocycles.